The van der Waals surface area contributed by atoms with Gasteiger partial charge in [0.1, 0.15) is 18.8 Å². The summed E-state index contributed by atoms with van der Waals surface area (Å²) in [7, 11) is 0. The highest BCUT2D eigenvalue weighted by molar-refractivity contribution is 5.18. The average Bonchev–Trinajstić information content (AvgIpc) is 3.14. The molecule has 1 saturated heterocycles. The lowest BCUT2D eigenvalue weighted by Gasteiger charge is -2.16. The third kappa shape index (κ3) is 3.90. The third-order valence-electron chi connectivity index (χ3n) is 4.24. The molecule has 0 saturated carbocycles. The SMILES string of the molecule is FCCn1ncnc1CN1CCC(Cc2ccc(F)c(F)c2)C1. The van der Waals surface area contributed by atoms with E-state index in [-0.39, 0.29) is 6.54 Å². The van der Waals surface area contributed by atoms with Crippen LogP contribution in [0.25, 0.3) is 0 Å². The molecule has 0 amide bonds. The van der Waals surface area contributed by atoms with Gasteiger partial charge in [-0.3, -0.25) is 4.90 Å². The van der Waals surface area contributed by atoms with Crippen LogP contribution in [0.2, 0.25) is 0 Å². The number of likely N-dealkylation sites (tertiary alicyclic amines) is 1. The van der Waals surface area contributed by atoms with E-state index in [9.17, 15) is 13.2 Å². The summed E-state index contributed by atoms with van der Waals surface area (Å²) in [5.74, 6) is -0.445. The van der Waals surface area contributed by atoms with Gasteiger partial charge < -0.3 is 0 Å². The Morgan fingerprint density at radius 3 is 2.87 bits per heavy atom. The largest absolute Gasteiger partial charge is 0.296 e. The van der Waals surface area contributed by atoms with Gasteiger partial charge in [0.15, 0.2) is 11.6 Å². The Labute approximate surface area is 132 Å². The molecule has 1 fully saturated rings. The van der Waals surface area contributed by atoms with Crippen LogP contribution in [0, 0.1) is 17.6 Å². The van der Waals surface area contributed by atoms with Gasteiger partial charge >= 0.3 is 0 Å². The van der Waals surface area contributed by atoms with Crippen molar-refractivity contribution in [3.63, 3.8) is 0 Å². The molecule has 124 valence electrons. The van der Waals surface area contributed by atoms with Crippen LogP contribution in [0.15, 0.2) is 24.5 Å². The van der Waals surface area contributed by atoms with E-state index in [0.29, 0.717) is 12.5 Å². The number of aryl methyl sites for hydroxylation is 1. The van der Waals surface area contributed by atoms with Crippen molar-refractivity contribution >= 4 is 0 Å². The van der Waals surface area contributed by atoms with Crippen molar-refractivity contribution in [1.82, 2.24) is 19.7 Å². The minimum absolute atomic E-state index is 0.224. The van der Waals surface area contributed by atoms with Gasteiger partial charge in [0.2, 0.25) is 0 Å². The molecule has 1 aromatic heterocycles. The summed E-state index contributed by atoms with van der Waals surface area (Å²) in [4.78, 5) is 6.42. The zero-order valence-corrected chi connectivity index (χ0v) is 12.8. The Bertz CT molecular complexity index is 659. The van der Waals surface area contributed by atoms with Crippen LogP contribution in [0.5, 0.6) is 0 Å². The molecule has 1 aliphatic rings. The predicted molar refractivity (Wildman–Crippen MR) is 79.4 cm³/mol. The fourth-order valence-corrected chi connectivity index (χ4v) is 3.10. The molecule has 1 atom stereocenters. The Balaban J connectivity index is 1.55. The predicted octanol–water partition coefficient (Wildman–Crippen LogP) is 2.59. The van der Waals surface area contributed by atoms with Gasteiger partial charge in [-0.15, -0.1) is 0 Å². The molecule has 3 rings (SSSR count). The number of rotatable bonds is 6. The van der Waals surface area contributed by atoms with Crippen LogP contribution in [0.3, 0.4) is 0 Å². The summed E-state index contributed by atoms with van der Waals surface area (Å²) in [5, 5.41) is 4.01. The molecule has 1 unspecified atom stereocenters. The highest BCUT2D eigenvalue weighted by Crippen LogP contribution is 2.23. The standard InChI is InChI=1S/C16H19F3N4/c17-4-6-23-16(20-11-21-23)10-22-5-3-13(9-22)7-12-1-2-14(18)15(19)8-12/h1-2,8,11,13H,3-7,9-10H2. The zero-order valence-electron chi connectivity index (χ0n) is 12.8. The maximum absolute atomic E-state index is 13.3. The van der Waals surface area contributed by atoms with Crippen LogP contribution in [0.4, 0.5) is 13.2 Å². The number of nitrogens with zero attached hydrogens (tertiary/aromatic N) is 4. The molecule has 23 heavy (non-hydrogen) atoms. The normalized spacial score (nSPS) is 18.7. The first-order valence-electron chi connectivity index (χ1n) is 7.74. The van der Waals surface area contributed by atoms with Crippen molar-refractivity contribution in [2.45, 2.75) is 25.9 Å². The molecule has 4 nitrogen and oxygen atoms in total. The lowest BCUT2D eigenvalue weighted by atomic mass is 9.98. The Morgan fingerprint density at radius 1 is 1.22 bits per heavy atom. The van der Waals surface area contributed by atoms with E-state index in [0.717, 1.165) is 37.3 Å². The molecule has 7 heteroatoms. The molecule has 1 aromatic carbocycles. The van der Waals surface area contributed by atoms with Gasteiger partial charge in [-0.05, 0) is 43.0 Å². The van der Waals surface area contributed by atoms with Crippen molar-refractivity contribution in [3.05, 3.63) is 47.5 Å². The second-order valence-electron chi connectivity index (χ2n) is 5.93. The first-order chi connectivity index (χ1) is 11.2. The van der Waals surface area contributed by atoms with Gasteiger partial charge in [0.05, 0.1) is 13.1 Å². The summed E-state index contributed by atoms with van der Waals surface area (Å²) in [6.45, 7) is 2.17. The van der Waals surface area contributed by atoms with Crippen molar-refractivity contribution in [1.29, 1.82) is 0 Å². The van der Waals surface area contributed by atoms with Crippen molar-refractivity contribution in [2.24, 2.45) is 5.92 Å². The lowest BCUT2D eigenvalue weighted by Crippen LogP contribution is -2.23. The van der Waals surface area contributed by atoms with Crippen LogP contribution in [0.1, 0.15) is 17.8 Å². The smallest absolute Gasteiger partial charge is 0.159 e. The quantitative estimate of drug-likeness (QED) is 0.819. The zero-order chi connectivity index (χ0) is 16.2. The fourth-order valence-electron chi connectivity index (χ4n) is 3.10. The minimum atomic E-state index is -0.811. The van der Waals surface area contributed by atoms with E-state index in [1.165, 1.54) is 18.5 Å². The van der Waals surface area contributed by atoms with E-state index in [4.69, 9.17) is 0 Å². The Morgan fingerprint density at radius 2 is 2.09 bits per heavy atom. The second-order valence-corrected chi connectivity index (χ2v) is 5.93. The summed E-state index contributed by atoms with van der Waals surface area (Å²) >= 11 is 0. The average molecular weight is 324 g/mol. The van der Waals surface area contributed by atoms with Crippen LogP contribution >= 0.6 is 0 Å². The van der Waals surface area contributed by atoms with E-state index in [1.807, 2.05) is 0 Å². The number of hydrogen-bond donors (Lipinski definition) is 0. The molecular formula is C16H19F3N4. The fraction of sp³-hybridized carbons (Fsp3) is 0.500. The van der Waals surface area contributed by atoms with Crippen LogP contribution in [-0.2, 0) is 19.5 Å². The van der Waals surface area contributed by atoms with E-state index in [2.05, 4.69) is 15.0 Å². The van der Waals surface area contributed by atoms with E-state index < -0.39 is 18.3 Å². The van der Waals surface area contributed by atoms with Crippen molar-refractivity contribution < 1.29 is 13.2 Å². The molecule has 2 heterocycles. The topological polar surface area (TPSA) is 34.0 Å². The maximum Gasteiger partial charge on any atom is 0.159 e. The van der Waals surface area contributed by atoms with Gasteiger partial charge in [0, 0.05) is 6.54 Å². The summed E-state index contributed by atoms with van der Waals surface area (Å²) in [5.41, 5.74) is 0.816. The molecule has 0 aliphatic carbocycles. The first kappa shape index (κ1) is 16.0. The highest BCUT2D eigenvalue weighted by atomic mass is 19.2. The molecule has 2 aromatic rings. The van der Waals surface area contributed by atoms with Crippen molar-refractivity contribution in [2.75, 3.05) is 19.8 Å². The van der Waals surface area contributed by atoms with Gasteiger partial charge in [0.25, 0.3) is 0 Å². The number of hydrogen-bond acceptors (Lipinski definition) is 3. The first-order valence-corrected chi connectivity index (χ1v) is 7.74. The van der Waals surface area contributed by atoms with Gasteiger partial charge in [-0.25, -0.2) is 22.8 Å². The lowest BCUT2D eigenvalue weighted by molar-refractivity contribution is 0.296. The van der Waals surface area contributed by atoms with Gasteiger partial charge in [-0.2, -0.15) is 5.10 Å². The maximum atomic E-state index is 13.3. The highest BCUT2D eigenvalue weighted by Gasteiger charge is 2.24. The van der Waals surface area contributed by atoms with E-state index >= 15 is 0 Å². The molecule has 0 spiro atoms. The monoisotopic (exact) mass is 324 g/mol. The summed E-state index contributed by atoms with van der Waals surface area (Å²) < 4.78 is 40.3. The Kier molecular flexibility index (Phi) is 4.95. The second kappa shape index (κ2) is 7.12. The molecule has 1 aliphatic heterocycles. The third-order valence-corrected chi connectivity index (χ3v) is 4.24. The summed E-state index contributed by atoms with van der Waals surface area (Å²) in [6.07, 6.45) is 3.17. The van der Waals surface area contributed by atoms with Gasteiger partial charge in [-0.1, -0.05) is 6.07 Å². The number of aromatic nitrogens is 3. The van der Waals surface area contributed by atoms with Crippen LogP contribution < -0.4 is 0 Å². The van der Waals surface area contributed by atoms with Crippen LogP contribution in [-0.4, -0.2) is 39.4 Å². The summed E-state index contributed by atoms with van der Waals surface area (Å²) in [6, 6.07) is 4.09. The number of alkyl halides is 1. The molecule has 0 radical (unpaired) electrons. The number of halogens is 3. The molecular weight excluding hydrogens is 305 g/mol. The van der Waals surface area contributed by atoms with E-state index in [1.54, 1.807) is 10.7 Å². The molecule has 0 N–H and O–H groups in total. The minimum Gasteiger partial charge on any atom is -0.296 e. The van der Waals surface area contributed by atoms with Crippen molar-refractivity contribution in [3.8, 4) is 0 Å². The Hall–Kier alpha value is -1.89. The molecule has 0 bridgehead atoms. The number of benzene rings is 1.